The van der Waals surface area contributed by atoms with E-state index in [4.69, 9.17) is 5.73 Å². The first-order valence-corrected chi connectivity index (χ1v) is 8.28. The molecule has 3 rings (SSSR count). The van der Waals surface area contributed by atoms with Crippen LogP contribution in [-0.2, 0) is 18.4 Å². The molecule has 7 nitrogen and oxygen atoms in total. The van der Waals surface area contributed by atoms with Gasteiger partial charge in [0.05, 0.1) is 12.2 Å². The van der Waals surface area contributed by atoms with Crippen molar-refractivity contribution < 1.29 is 4.79 Å². The number of H-pyrrole nitrogens is 1. The van der Waals surface area contributed by atoms with Gasteiger partial charge in [0.2, 0.25) is 5.95 Å². The van der Waals surface area contributed by atoms with Gasteiger partial charge in [0.15, 0.2) is 0 Å². The summed E-state index contributed by atoms with van der Waals surface area (Å²) < 4.78 is 0. The van der Waals surface area contributed by atoms with Crippen LogP contribution in [0.4, 0.5) is 16.4 Å². The fourth-order valence-electron chi connectivity index (χ4n) is 2.89. The number of hydrogen-bond donors (Lipinski definition) is 3. The smallest absolute Gasteiger partial charge is 0.322 e. The van der Waals surface area contributed by atoms with Gasteiger partial charge in [-0.1, -0.05) is 32.9 Å². The Balaban J connectivity index is 1.71. The fourth-order valence-corrected chi connectivity index (χ4v) is 2.89. The van der Waals surface area contributed by atoms with Gasteiger partial charge in [-0.15, -0.1) is 0 Å². The number of nitrogen functional groups attached to an aromatic ring is 1. The Bertz CT molecular complexity index is 849. The number of nitrogens with zero attached hydrogens (tertiary/aromatic N) is 2. The van der Waals surface area contributed by atoms with Crippen LogP contribution in [0.2, 0.25) is 0 Å². The molecular formula is C18H23N5O2. The lowest BCUT2D eigenvalue weighted by molar-refractivity contribution is 0.205. The van der Waals surface area contributed by atoms with Gasteiger partial charge in [0, 0.05) is 17.8 Å². The lowest BCUT2D eigenvalue weighted by atomic mass is 9.87. The Labute approximate surface area is 146 Å². The van der Waals surface area contributed by atoms with E-state index in [0.717, 1.165) is 5.69 Å². The molecule has 7 heteroatoms. The molecule has 0 unspecified atom stereocenters. The number of urea groups is 1. The highest BCUT2D eigenvalue weighted by Gasteiger charge is 2.24. The maximum absolute atomic E-state index is 12.5. The summed E-state index contributed by atoms with van der Waals surface area (Å²) in [5.74, 6) is 0.0729. The van der Waals surface area contributed by atoms with E-state index in [1.165, 1.54) is 5.56 Å². The van der Waals surface area contributed by atoms with Crippen LogP contribution in [0.25, 0.3) is 0 Å². The highest BCUT2D eigenvalue weighted by Crippen LogP contribution is 2.24. The number of aromatic amines is 1. The number of anilines is 2. The number of nitrogens with one attached hydrogen (secondary N) is 2. The summed E-state index contributed by atoms with van der Waals surface area (Å²) in [6.07, 6.45) is 0.467. The van der Waals surface area contributed by atoms with E-state index in [1.807, 2.05) is 24.3 Å². The van der Waals surface area contributed by atoms with E-state index in [9.17, 15) is 9.59 Å². The molecule has 1 aromatic carbocycles. The second-order valence-electron chi connectivity index (χ2n) is 7.31. The van der Waals surface area contributed by atoms with Gasteiger partial charge in [-0.05, 0) is 29.5 Å². The van der Waals surface area contributed by atoms with Crippen LogP contribution >= 0.6 is 0 Å². The second-order valence-corrected chi connectivity index (χ2v) is 7.31. The van der Waals surface area contributed by atoms with Crippen LogP contribution < -0.4 is 16.6 Å². The summed E-state index contributed by atoms with van der Waals surface area (Å²) in [5, 5.41) is 2.89. The molecule has 1 aromatic heterocycles. The molecule has 1 aliphatic rings. The van der Waals surface area contributed by atoms with Crippen LogP contribution in [0.3, 0.4) is 0 Å². The molecule has 0 radical (unpaired) electrons. The summed E-state index contributed by atoms with van der Waals surface area (Å²) in [4.78, 5) is 32.6. The summed E-state index contributed by atoms with van der Waals surface area (Å²) in [7, 11) is 0. The summed E-state index contributed by atoms with van der Waals surface area (Å²) in [5.41, 5.74) is 8.54. The average molecular weight is 341 g/mol. The number of amides is 2. The van der Waals surface area contributed by atoms with Crippen molar-refractivity contribution in [1.29, 1.82) is 0 Å². The molecule has 0 saturated heterocycles. The van der Waals surface area contributed by atoms with Crippen molar-refractivity contribution in [3.8, 4) is 0 Å². The van der Waals surface area contributed by atoms with Crippen molar-refractivity contribution in [2.75, 3.05) is 17.6 Å². The molecular weight excluding hydrogens is 318 g/mol. The molecule has 0 bridgehead atoms. The number of carbonyl (C=O) groups excluding carboxylic acids is 1. The summed E-state index contributed by atoms with van der Waals surface area (Å²) >= 11 is 0. The first-order valence-electron chi connectivity index (χ1n) is 8.28. The van der Waals surface area contributed by atoms with Crippen LogP contribution in [0.15, 0.2) is 29.1 Å². The average Bonchev–Trinajstić information content (AvgIpc) is 2.53. The van der Waals surface area contributed by atoms with Crippen molar-refractivity contribution in [1.82, 2.24) is 14.9 Å². The monoisotopic (exact) mass is 341 g/mol. The van der Waals surface area contributed by atoms with Gasteiger partial charge in [-0.2, -0.15) is 0 Å². The predicted molar refractivity (Wildman–Crippen MR) is 97.5 cm³/mol. The fraction of sp³-hybridized carbons (Fsp3) is 0.389. The molecule has 25 heavy (non-hydrogen) atoms. The van der Waals surface area contributed by atoms with Gasteiger partial charge < -0.3 is 16.0 Å². The minimum absolute atomic E-state index is 0.0672. The number of hydrogen-bond acceptors (Lipinski definition) is 4. The molecule has 1 aliphatic heterocycles. The third-order valence-electron chi connectivity index (χ3n) is 4.38. The van der Waals surface area contributed by atoms with Gasteiger partial charge in [0.25, 0.3) is 5.56 Å². The maximum atomic E-state index is 12.5. The zero-order valence-corrected chi connectivity index (χ0v) is 14.7. The number of fused-ring (bicyclic) bond motifs is 1. The lowest BCUT2D eigenvalue weighted by Gasteiger charge is -2.28. The van der Waals surface area contributed by atoms with E-state index < -0.39 is 0 Å². The van der Waals surface area contributed by atoms with Crippen LogP contribution in [-0.4, -0.2) is 27.4 Å². The molecule has 0 spiro atoms. The quantitative estimate of drug-likeness (QED) is 0.740. The van der Waals surface area contributed by atoms with E-state index in [1.54, 1.807) is 4.90 Å². The van der Waals surface area contributed by atoms with E-state index in [0.29, 0.717) is 24.2 Å². The second kappa shape index (κ2) is 6.23. The zero-order valence-electron chi connectivity index (χ0n) is 14.7. The Kier molecular flexibility index (Phi) is 4.24. The lowest BCUT2D eigenvalue weighted by Crippen LogP contribution is -2.41. The normalized spacial score (nSPS) is 14.1. The van der Waals surface area contributed by atoms with Crippen molar-refractivity contribution in [2.45, 2.75) is 39.2 Å². The SMILES string of the molecule is CC(C)(C)c1ccc(NC(=O)N2CCc3c(nc(N)[nH]c3=O)C2)cc1. The minimum atomic E-state index is -0.222. The Hall–Kier alpha value is -2.83. The van der Waals surface area contributed by atoms with Crippen molar-refractivity contribution >= 4 is 17.7 Å². The van der Waals surface area contributed by atoms with Crippen LogP contribution in [0.5, 0.6) is 0 Å². The van der Waals surface area contributed by atoms with E-state index >= 15 is 0 Å². The molecule has 132 valence electrons. The largest absolute Gasteiger partial charge is 0.369 e. The summed E-state index contributed by atoms with van der Waals surface area (Å²) in [6, 6.07) is 7.62. The molecule has 0 saturated carbocycles. The van der Waals surface area contributed by atoms with E-state index in [-0.39, 0.29) is 29.5 Å². The number of benzene rings is 1. The highest BCUT2D eigenvalue weighted by molar-refractivity contribution is 5.89. The van der Waals surface area contributed by atoms with Gasteiger partial charge in [-0.25, -0.2) is 9.78 Å². The Morgan fingerprint density at radius 2 is 1.96 bits per heavy atom. The van der Waals surface area contributed by atoms with Gasteiger partial charge in [-0.3, -0.25) is 9.78 Å². The number of rotatable bonds is 1. The molecule has 4 N–H and O–H groups in total. The molecule has 0 atom stereocenters. The van der Waals surface area contributed by atoms with Crippen molar-refractivity contribution in [2.24, 2.45) is 0 Å². The van der Waals surface area contributed by atoms with E-state index in [2.05, 4.69) is 36.1 Å². The zero-order chi connectivity index (χ0) is 18.2. The topological polar surface area (TPSA) is 104 Å². The molecule has 2 amide bonds. The van der Waals surface area contributed by atoms with Crippen molar-refractivity contribution in [3.63, 3.8) is 0 Å². The third kappa shape index (κ3) is 3.65. The Morgan fingerprint density at radius 1 is 1.28 bits per heavy atom. The number of carbonyl (C=O) groups is 1. The minimum Gasteiger partial charge on any atom is -0.369 e. The first-order chi connectivity index (χ1) is 11.7. The highest BCUT2D eigenvalue weighted by atomic mass is 16.2. The third-order valence-corrected chi connectivity index (χ3v) is 4.38. The first kappa shape index (κ1) is 17.0. The molecule has 0 fully saturated rings. The summed E-state index contributed by atoms with van der Waals surface area (Å²) in [6.45, 7) is 7.17. The maximum Gasteiger partial charge on any atom is 0.322 e. The van der Waals surface area contributed by atoms with Crippen molar-refractivity contribution in [3.05, 3.63) is 51.4 Å². The molecule has 2 heterocycles. The number of nitrogens with two attached hydrogens (primary N) is 1. The Morgan fingerprint density at radius 3 is 2.60 bits per heavy atom. The molecule has 0 aliphatic carbocycles. The number of aromatic nitrogens is 2. The van der Waals surface area contributed by atoms with Gasteiger partial charge in [0.1, 0.15) is 0 Å². The van der Waals surface area contributed by atoms with Crippen LogP contribution in [0, 0.1) is 0 Å². The predicted octanol–water partition coefficient (Wildman–Crippen LogP) is 2.24. The van der Waals surface area contributed by atoms with Crippen LogP contribution in [0.1, 0.15) is 37.6 Å². The van der Waals surface area contributed by atoms with Gasteiger partial charge >= 0.3 is 6.03 Å². The molecule has 2 aromatic rings. The standard InChI is InChI=1S/C18H23N5O2/c1-18(2,3)11-4-6-12(7-5-11)20-17(25)23-9-8-13-14(10-23)21-16(19)22-15(13)24/h4-7H,8-10H2,1-3H3,(H,20,25)(H3,19,21,22,24).